The Hall–Kier alpha value is 0.440. The lowest BCUT2D eigenvalue weighted by atomic mass is 10.8. The largest absolute Gasteiger partial charge is 0.161 e. The molecule has 0 aromatic heterocycles. The van der Waals surface area contributed by atoms with E-state index < -0.39 is 0 Å². The molecule has 0 N–H and O–H groups in total. The number of rotatable bonds is 2. The second kappa shape index (κ2) is 5.44. The lowest BCUT2D eigenvalue weighted by molar-refractivity contribution is 1.81. The fraction of sp³-hybridized carbons (Fsp3) is 0.500. The topological polar surface area (TPSA) is 0 Å². The molecule has 36 valence electrons. The van der Waals surface area contributed by atoms with Crippen molar-refractivity contribution in [3.05, 3.63) is 11.5 Å². The third kappa shape index (κ3) is 4.44. The summed E-state index contributed by atoms with van der Waals surface area (Å²) in [5, 5.41) is 1.76. The van der Waals surface area contributed by atoms with Gasteiger partial charge in [-0.1, -0.05) is 6.08 Å². The third-order valence-electron chi connectivity index (χ3n) is 0.368. The highest BCUT2D eigenvalue weighted by Crippen LogP contribution is 1.90. The Kier molecular flexibility index (Phi) is 5.84. The van der Waals surface area contributed by atoms with Crippen LogP contribution < -0.4 is 0 Å². The van der Waals surface area contributed by atoms with E-state index >= 15 is 0 Å². The zero-order valence-corrected chi connectivity index (χ0v) is 5.43. The van der Waals surface area contributed by atoms with Gasteiger partial charge in [-0.3, -0.25) is 0 Å². The van der Waals surface area contributed by atoms with Crippen LogP contribution in [0.1, 0.15) is 0 Å². The van der Waals surface area contributed by atoms with E-state index in [0.717, 1.165) is 5.75 Å². The zero-order valence-electron chi connectivity index (χ0n) is 3.72. The van der Waals surface area contributed by atoms with Crippen molar-refractivity contribution in [2.45, 2.75) is 0 Å². The van der Waals surface area contributed by atoms with Gasteiger partial charge in [0.1, 0.15) is 0 Å². The fourth-order valence-corrected chi connectivity index (χ4v) is 0.676. The average Bonchev–Trinajstić information content (AvgIpc) is 1.61. The molecule has 0 aromatic rings. The van der Waals surface area contributed by atoms with Gasteiger partial charge in [0.15, 0.2) is 0 Å². The zero-order chi connectivity index (χ0) is 4.83. The molecule has 0 saturated heterocycles. The average molecular weight is 120 g/mol. The smallest absolute Gasteiger partial charge is 0.0118 e. The lowest BCUT2D eigenvalue weighted by Crippen LogP contribution is -1.59. The van der Waals surface area contributed by atoms with Gasteiger partial charge in [-0.15, -0.1) is 0 Å². The molecule has 0 atom stereocenters. The van der Waals surface area contributed by atoms with Gasteiger partial charge < -0.3 is 0 Å². The molecular formula is C4H8S2. The van der Waals surface area contributed by atoms with Crippen molar-refractivity contribution in [3.63, 3.8) is 0 Å². The minimum absolute atomic E-state index is 1.07. The molecule has 0 unspecified atom stereocenters. The van der Waals surface area contributed by atoms with E-state index in [9.17, 15) is 0 Å². The third-order valence-corrected chi connectivity index (χ3v) is 1.10. The number of thioether (sulfide) groups is 1. The van der Waals surface area contributed by atoms with Crippen LogP contribution in [0.4, 0.5) is 0 Å². The van der Waals surface area contributed by atoms with Crippen LogP contribution in [0.2, 0.25) is 0 Å². The van der Waals surface area contributed by atoms with E-state index in [1.807, 2.05) is 6.08 Å². The normalized spacial score (nSPS) is 10.3. The molecule has 6 heavy (non-hydrogen) atoms. The first-order chi connectivity index (χ1) is 2.91. The Bertz CT molecular complexity index is 40.8. The highest BCUT2D eigenvalue weighted by Gasteiger charge is 1.64. The summed E-state index contributed by atoms with van der Waals surface area (Å²) in [5.41, 5.74) is 0. The first-order valence-corrected chi connectivity index (χ1v) is 3.61. The Morgan fingerprint density at radius 3 is 2.67 bits per heavy atom. The predicted molar refractivity (Wildman–Crippen MR) is 36.5 cm³/mol. The minimum atomic E-state index is 1.07. The quantitative estimate of drug-likeness (QED) is 0.542. The van der Waals surface area contributed by atoms with Crippen molar-refractivity contribution < 1.29 is 0 Å². The maximum Gasteiger partial charge on any atom is 0.0118 e. The van der Waals surface area contributed by atoms with Crippen molar-refractivity contribution in [2.75, 3.05) is 12.0 Å². The van der Waals surface area contributed by atoms with Gasteiger partial charge in [0.2, 0.25) is 0 Å². The van der Waals surface area contributed by atoms with Crippen LogP contribution in [-0.2, 0) is 0 Å². The van der Waals surface area contributed by atoms with Crippen LogP contribution >= 0.6 is 24.4 Å². The molecule has 0 nitrogen and oxygen atoms in total. The first-order valence-electron chi connectivity index (χ1n) is 1.70. The van der Waals surface area contributed by atoms with E-state index in [4.69, 9.17) is 0 Å². The van der Waals surface area contributed by atoms with Crippen molar-refractivity contribution in [2.24, 2.45) is 0 Å². The summed E-state index contributed by atoms with van der Waals surface area (Å²) in [5.74, 6) is 1.07. The Labute approximate surface area is 48.4 Å². The second-order valence-electron chi connectivity index (χ2n) is 0.840. The Balaban J connectivity index is 2.66. The predicted octanol–water partition coefficient (Wildman–Crippen LogP) is 1.79. The monoisotopic (exact) mass is 120 g/mol. The number of hydrogen-bond acceptors (Lipinski definition) is 2. The molecule has 0 fully saturated rings. The van der Waals surface area contributed by atoms with Gasteiger partial charge in [0.25, 0.3) is 0 Å². The molecule has 2 heteroatoms. The molecule has 0 aliphatic rings. The summed E-state index contributed by atoms with van der Waals surface area (Å²) in [4.78, 5) is 0. The highest BCUT2D eigenvalue weighted by atomic mass is 32.2. The molecule has 0 rings (SSSR count). The highest BCUT2D eigenvalue weighted by molar-refractivity contribution is 7.98. The van der Waals surface area contributed by atoms with Gasteiger partial charge in [0.05, 0.1) is 0 Å². The molecule has 0 aliphatic carbocycles. The van der Waals surface area contributed by atoms with Crippen molar-refractivity contribution >= 4 is 24.4 Å². The van der Waals surface area contributed by atoms with E-state index in [-0.39, 0.29) is 0 Å². The van der Waals surface area contributed by atoms with Crippen LogP contribution in [0, 0.1) is 0 Å². The summed E-state index contributed by atoms with van der Waals surface area (Å²) in [6.07, 6.45) is 4.07. The molecule has 0 radical (unpaired) electrons. The van der Waals surface area contributed by atoms with Crippen LogP contribution in [-0.4, -0.2) is 12.0 Å². The number of hydrogen-bond donors (Lipinski definition) is 1. The standard InChI is InChI=1S/C4H8S2/c1-6-4-2-3-5/h2-3,5H,4H2,1H3/b3-2+. The Morgan fingerprint density at radius 2 is 2.50 bits per heavy atom. The van der Waals surface area contributed by atoms with E-state index in [1.165, 1.54) is 0 Å². The summed E-state index contributed by atoms with van der Waals surface area (Å²) in [6, 6.07) is 0. The molecule has 0 bridgehead atoms. The van der Waals surface area contributed by atoms with Crippen LogP contribution in [0.3, 0.4) is 0 Å². The molecule has 0 saturated carbocycles. The SMILES string of the molecule is CSC/C=C/S. The maximum atomic E-state index is 3.86. The lowest BCUT2D eigenvalue weighted by Gasteiger charge is -1.76. The van der Waals surface area contributed by atoms with Crippen LogP contribution in [0.5, 0.6) is 0 Å². The maximum absolute atomic E-state index is 3.86. The van der Waals surface area contributed by atoms with E-state index in [1.54, 1.807) is 17.2 Å². The summed E-state index contributed by atoms with van der Waals surface area (Å²) in [6.45, 7) is 0. The molecular weight excluding hydrogens is 112 g/mol. The Morgan fingerprint density at radius 1 is 1.83 bits per heavy atom. The summed E-state index contributed by atoms with van der Waals surface area (Å²) < 4.78 is 0. The van der Waals surface area contributed by atoms with E-state index in [2.05, 4.69) is 18.9 Å². The molecule has 0 aliphatic heterocycles. The molecule has 0 heterocycles. The summed E-state index contributed by atoms with van der Waals surface area (Å²) in [7, 11) is 0. The molecule has 0 amide bonds. The first kappa shape index (κ1) is 6.44. The van der Waals surface area contributed by atoms with Gasteiger partial charge >= 0.3 is 0 Å². The van der Waals surface area contributed by atoms with Gasteiger partial charge in [-0.2, -0.15) is 24.4 Å². The number of thiol groups is 1. The minimum Gasteiger partial charge on any atom is -0.161 e. The molecule has 0 spiro atoms. The van der Waals surface area contributed by atoms with Crippen LogP contribution in [0.15, 0.2) is 11.5 Å². The van der Waals surface area contributed by atoms with Gasteiger partial charge in [0, 0.05) is 5.75 Å². The fourth-order valence-electron chi connectivity index (χ4n) is 0.139. The van der Waals surface area contributed by atoms with Crippen molar-refractivity contribution in [1.29, 1.82) is 0 Å². The molecule has 0 aromatic carbocycles. The van der Waals surface area contributed by atoms with E-state index in [0.29, 0.717) is 0 Å². The van der Waals surface area contributed by atoms with Gasteiger partial charge in [-0.05, 0) is 11.7 Å². The van der Waals surface area contributed by atoms with Crippen molar-refractivity contribution in [3.8, 4) is 0 Å². The van der Waals surface area contributed by atoms with Gasteiger partial charge in [-0.25, -0.2) is 0 Å². The van der Waals surface area contributed by atoms with Crippen molar-refractivity contribution in [1.82, 2.24) is 0 Å². The summed E-state index contributed by atoms with van der Waals surface area (Å²) >= 11 is 5.65. The second-order valence-corrected chi connectivity index (χ2v) is 2.05. The van der Waals surface area contributed by atoms with Crippen LogP contribution in [0.25, 0.3) is 0 Å².